The van der Waals surface area contributed by atoms with Gasteiger partial charge in [-0.2, -0.15) is 5.10 Å². The number of hydrogen-bond donors (Lipinski definition) is 3. The summed E-state index contributed by atoms with van der Waals surface area (Å²) in [6, 6.07) is 11.5. The Hall–Kier alpha value is -3.99. The molecule has 36 heavy (non-hydrogen) atoms. The Morgan fingerprint density at radius 1 is 1.22 bits per heavy atom. The number of carbonyl (C=O) groups is 1. The number of aromatic nitrogens is 4. The lowest BCUT2D eigenvalue weighted by Crippen LogP contribution is -2.40. The topological polar surface area (TPSA) is 147 Å². The molecule has 186 valence electrons. The first-order valence-corrected chi connectivity index (χ1v) is 13.0. The van der Waals surface area contributed by atoms with E-state index in [4.69, 9.17) is 5.73 Å². The third-order valence-electron chi connectivity index (χ3n) is 6.47. The van der Waals surface area contributed by atoms with Gasteiger partial charge in [0.2, 0.25) is 9.84 Å². The maximum Gasteiger partial charge on any atom is 0.253 e. The molecule has 0 radical (unpaired) electrons. The maximum absolute atomic E-state index is 13.7. The van der Waals surface area contributed by atoms with Gasteiger partial charge in [-0.1, -0.05) is 13.0 Å². The van der Waals surface area contributed by atoms with Gasteiger partial charge in [-0.15, -0.1) is 0 Å². The molecule has 1 saturated heterocycles. The number of anilines is 3. The van der Waals surface area contributed by atoms with E-state index in [0.29, 0.717) is 18.3 Å². The zero-order chi connectivity index (χ0) is 25.7. The Bertz CT molecular complexity index is 1580. The van der Waals surface area contributed by atoms with E-state index in [2.05, 4.69) is 32.4 Å². The van der Waals surface area contributed by atoms with Gasteiger partial charge in [0.1, 0.15) is 17.2 Å². The van der Waals surface area contributed by atoms with Crippen molar-refractivity contribution in [1.82, 2.24) is 20.2 Å². The summed E-state index contributed by atoms with van der Waals surface area (Å²) in [5, 5.41) is 10.7. The number of nitrogens with zero attached hydrogens (tertiary/aromatic N) is 4. The third kappa shape index (κ3) is 4.15. The number of sulfone groups is 1. The number of nitrogens with two attached hydrogens (primary N) is 1. The zero-order valence-electron chi connectivity index (χ0n) is 20.2. The van der Waals surface area contributed by atoms with Gasteiger partial charge < -0.3 is 16.0 Å². The van der Waals surface area contributed by atoms with Gasteiger partial charge in [-0.3, -0.25) is 9.89 Å². The minimum Gasteiger partial charge on any atom is -0.365 e. The van der Waals surface area contributed by atoms with Crippen LogP contribution in [0, 0.1) is 5.92 Å². The summed E-state index contributed by atoms with van der Waals surface area (Å²) >= 11 is 0. The smallest absolute Gasteiger partial charge is 0.253 e. The average molecular weight is 506 g/mol. The monoisotopic (exact) mass is 505 g/mol. The van der Waals surface area contributed by atoms with Crippen molar-refractivity contribution in [1.29, 1.82) is 0 Å². The van der Waals surface area contributed by atoms with Gasteiger partial charge in [0.25, 0.3) is 5.91 Å². The van der Waals surface area contributed by atoms with E-state index >= 15 is 0 Å². The van der Waals surface area contributed by atoms with Crippen LogP contribution in [0.25, 0.3) is 10.9 Å². The van der Waals surface area contributed by atoms with Crippen LogP contribution in [0.3, 0.4) is 0 Å². The van der Waals surface area contributed by atoms with Crippen LogP contribution in [-0.4, -0.2) is 46.6 Å². The molecule has 1 amide bonds. The average Bonchev–Trinajstić information content (AvgIpc) is 3.40. The number of primary amides is 1. The predicted molar refractivity (Wildman–Crippen MR) is 137 cm³/mol. The fourth-order valence-electron chi connectivity index (χ4n) is 4.97. The van der Waals surface area contributed by atoms with Crippen LogP contribution in [0.2, 0.25) is 0 Å². The molecule has 1 aliphatic heterocycles. The largest absolute Gasteiger partial charge is 0.365 e. The van der Waals surface area contributed by atoms with Gasteiger partial charge in [-0.05, 0) is 62.6 Å². The van der Waals surface area contributed by atoms with Gasteiger partial charge in [-0.25, -0.2) is 18.4 Å². The summed E-state index contributed by atoms with van der Waals surface area (Å²) in [4.78, 5) is 23.1. The molecule has 4 heterocycles. The Morgan fingerprint density at radius 2 is 2.03 bits per heavy atom. The molecular formula is C25H27N7O3S. The molecule has 3 aromatic heterocycles. The highest BCUT2D eigenvalue weighted by atomic mass is 32.2. The molecule has 10 nitrogen and oxygen atoms in total. The second-order valence-corrected chi connectivity index (χ2v) is 11.6. The van der Waals surface area contributed by atoms with Crippen LogP contribution in [-0.2, 0) is 9.84 Å². The highest BCUT2D eigenvalue weighted by molar-refractivity contribution is 7.91. The fourth-order valence-corrected chi connectivity index (χ4v) is 6.37. The molecule has 0 bridgehead atoms. The van der Waals surface area contributed by atoms with E-state index in [1.165, 1.54) is 18.3 Å². The first-order chi connectivity index (χ1) is 17.1. The van der Waals surface area contributed by atoms with Crippen LogP contribution in [0.4, 0.5) is 17.3 Å². The van der Waals surface area contributed by atoms with E-state index in [1.54, 1.807) is 18.3 Å². The number of pyridine rings is 2. The quantitative estimate of drug-likeness (QED) is 0.360. The van der Waals surface area contributed by atoms with Crippen molar-refractivity contribution in [2.45, 2.75) is 42.7 Å². The summed E-state index contributed by atoms with van der Waals surface area (Å²) in [6.45, 7) is 6.84. The van der Waals surface area contributed by atoms with E-state index in [1.807, 2.05) is 36.9 Å². The Balaban J connectivity index is 1.54. The lowest BCUT2D eigenvalue weighted by atomic mass is 9.97. The summed E-state index contributed by atoms with van der Waals surface area (Å²) < 4.78 is 27.5. The van der Waals surface area contributed by atoms with Crippen LogP contribution in [0.15, 0.2) is 64.8 Å². The summed E-state index contributed by atoms with van der Waals surface area (Å²) in [6.07, 6.45) is 3.98. The number of fused-ring (bicyclic) bond motifs is 1. The van der Waals surface area contributed by atoms with Gasteiger partial charge >= 0.3 is 0 Å². The SMILES string of the molecule is CC1CN(c2nccc(S(=O)(=O)c3cccc(Nc4ccc5[nH]ncc5c4)n3)c2C(N)=O)C(C)(C)C1. The van der Waals surface area contributed by atoms with Crippen molar-refractivity contribution in [3.05, 3.63) is 60.4 Å². The lowest BCUT2D eigenvalue weighted by molar-refractivity contribution is 0.0997. The molecule has 1 aliphatic rings. The summed E-state index contributed by atoms with van der Waals surface area (Å²) in [5.41, 5.74) is 6.92. The predicted octanol–water partition coefficient (Wildman–Crippen LogP) is 3.65. The Morgan fingerprint density at radius 3 is 2.75 bits per heavy atom. The van der Waals surface area contributed by atoms with Crippen molar-refractivity contribution in [2.24, 2.45) is 11.7 Å². The van der Waals surface area contributed by atoms with Crippen LogP contribution in [0.5, 0.6) is 0 Å². The van der Waals surface area contributed by atoms with E-state index in [-0.39, 0.29) is 26.8 Å². The fraction of sp³-hybridized carbons (Fsp3) is 0.280. The highest BCUT2D eigenvalue weighted by Gasteiger charge is 2.40. The number of amides is 1. The Labute approximate surface area is 208 Å². The number of rotatable bonds is 6. The first kappa shape index (κ1) is 23.7. The van der Waals surface area contributed by atoms with Gasteiger partial charge in [0.05, 0.1) is 16.6 Å². The molecule has 1 fully saturated rings. The molecule has 11 heteroatoms. The standard InChI is InChI=1S/C25H27N7O3S/c1-15-12-25(2,3)32(14-15)24-22(23(26)33)19(9-10-27-24)36(34,35)21-6-4-5-20(30-21)29-17-7-8-18-16(11-17)13-28-31-18/h4-11,13,15H,12,14H2,1-3H3,(H2,26,33)(H,28,31)(H,29,30). The molecule has 4 aromatic rings. The number of H-pyrrole nitrogens is 1. The Kier molecular flexibility index (Phi) is 5.67. The number of hydrogen-bond acceptors (Lipinski definition) is 8. The van der Waals surface area contributed by atoms with E-state index in [0.717, 1.165) is 23.0 Å². The van der Waals surface area contributed by atoms with Crippen molar-refractivity contribution < 1.29 is 13.2 Å². The lowest BCUT2D eigenvalue weighted by Gasteiger charge is -2.33. The first-order valence-electron chi connectivity index (χ1n) is 11.5. The maximum atomic E-state index is 13.7. The van der Waals surface area contributed by atoms with Crippen LogP contribution >= 0.6 is 0 Å². The third-order valence-corrected chi connectivity index (χ3v) is 8.17. The number of nitrogens with one attached hydrogen (secondary N) is 2. The number of aromatic amines is 1. The van der Waals surface area contributed by atoms with Crippen molar-refractivity contribution >= 4 is 44.0 Å². The molecular weight excluding hydrogens is 478 g/mol. The van der Waals surface area contributed by atoms with E-state index in [9.17, 15) is 13.2 Å². The van der Waals surface area contributed by atoms with Crippen LogP contribution in [0.1, 0.15) is 37.6 Å². The molecule has 1 atom stereocenters. The van der Waals surface area contributed by atoms with Gasteiger partial charge in [0, 0.05) is 29.4 Å². The molecule has 0 saturated carbocycles. The summed E-state index contributed by atoms with van der Waals surface area (Å²) in [5.74, 6) is 0.118. The minimum atomic E-state index is -4.19. The highest BCUT2D eigenvalue weighted by Crippen LogP contribution is 2.39. The van der Waals surface area contributed by atoms with Crippen molar-refractivity contribution in [2.75, 3.05) is 16.8 Å². The summed E-state index contributed by atoms with van der Waals surface area (Å²) in [7, 11) is -4.19. The number of carbonyl (C=O) groups excluding carboxylic acids is 1. The van der Waals surface area contributed by atoms with Crippen LogP contribution < -0.4 is 16.0 Å². The normalized spacial score (nSPS) is 17.4. The molecule has 1 aromatic carbocycles. The van der Waals surface area contributed by atoms with Crippen molar-refractivity contribution in [3.8, 4) is 0 Å². The molecule has 4 N–H and O–H groups in total. The molecule has 1 unspecified atom stereocenters. The van der Waals surface area contributed by atoms with E-state index < -0.39 is 15.7 Å². The minimum absolute atomic E-state index is 0.120. The number of benzene rings is 1. The van der Waals surface area contributed by atoms with Gasteiger partial charge in [0.15, 0.2) is 5.03 Å². The van der Waals surface area contributed by atoms with Crippen molar-refractivity contribution in [3.63, 3.8) is 0 Å². The molecule has 5 rings (SSSR count). The second-order valence-electron chi connectivity index (χ2n) is 9.77. The zero-order valence-corrected chi connectivity index (χ0v) is 21.0. The molecule has 0 spiro atoms. The molecule has 0 aliphatic carbocycles. The second kappa shape index (κ2) is 8.59.